The van der Waals surface area contributed by atoms with Crippen LogP contribution >= 0.6 is 8.19 Å². The van der Waals surface area contributed by atoms with Gasteiger partial charge in [-0.1, -0.05) is 64.4 Å². The molecule has 0 aliphatic rings. The maximum Gasteiger partial charge on any atom is -0.0276 e. The maximum atomic E-state index is 2.39. The highest BCUT2D eigenvalue weighted by molar-refractivity contribution is 7.28. The fourth-order valence-electron chi connectivity index (χ4n) is 2.15. The molecule has 0 aromatic carbocycles. The molecule has 1 aromatic rings. The van der Waals surface area contributed by atoms with Crippen LogP contribution in [0.2, 0.25) is 0 Å². The van der Waals surface area contributed by atoms with Crippen LogP contribution in [0.4, 0.5) is 0 Å². The van der Waals surface area contributed by atoms with E-state index in [4.69, 9.17) is 0 Å². The zero-order valence-corrected chi connectivity index (χ0v) is 11.8. The second-order valence-electron chi connectivity index (χ2n) is 4.80. The van der Waals surface area contributed by atoms with Crippen LogP contribution in [0, 0.1) is 0 Å². The van der Waals surface area contributed by atoms with Crippen molar-refractivity contribution in [2.75, 3.05) is 0 Å². The summed E-state index contributed by atoms with van der Waals surface area (Å²) >= 11 is 0. The Kier molecular flexibility index (Phi) is 8.62. The highest BCUT2D eigenvalue weighted by atomic mass is 31.0. The van der Waals surface area contributed by atoms with E-state index in [1.807, 2.05) is 0 Å². The molecular weight excluding hydrogens is 211 g/mol. The van der Waals surface area contributed by atoms with Gasteiger partial charge in [-0.2, -0.15) is 0 Å². The lowest BCUT2D eigenvalue weighted by molar-refractivity contribution is 0.565. The van der Waals surface area contributed by atoms with Crippen LogP contribution in [0.1, 0.15) is 70.3 Å². The average Bonchev–Trinajstić information content (AvgIpc) is 2.80. The van der Waals surface area contributed by atoms with E-state index in [0.29, 0.717) is 0 Å². The SMILES string of the molecule is CCCCCCCCCCCc1cc[pH]c1. The lowest BCUT2D eigenvalue weighted by Crippen LogP contribution is -1.84. The third kappa shape index (κ3) is 7.12. The molecule has 1 heterocycles. The minimum absolute atomic E-state index is 0.958. The first-order chi connectivity index (χ1) is 7.93. The van der Waals surface area contributed by atoms with E-state index in [0.717, 1.165) is 8.19 Å². The van der Waals surface area contributed by atoms with Crippen molar-refractivity contribution in [1.29, 1.82) is 0 Å². The maximum absolute atomic E-state index is 2.39. The van der Waals surface area contributed by atoms with E-state index in [2.05, 4.69) is 24.6 Å². The molecule has 0 radical (unpaired) electrons. The first-order valence-corrected chi connectivity index (χ1v) is 8.20. The summed E-state index contributed by atoms with van der Waals surface area (Å²) in [5.41, 5.74) is 1.58. The van der Waals surface area contributed by atoms with Crippen LogP contribution in [0.15, 0.2) is 17.7 Å². The molecule has 0 saturated carbocycles. The lowest BCUT2D eigenvalue weighted by Gasteiger charge is -2.01. The van der Waals surface area contributed by atoms with Gasteiger partial charge in [0, 0.05) is 0 Å². The molecule has 1 heteroatoms. The normalized spacial score (nSPS) is 11.3. The minimum Gasteiger partial charge on any atom is -0.140 e. The number of rotatable bonds is 10. The second kappa shape index (κ2) is 9.97. The molecule has 0 saturated heterocycles. The Morgan fingerprint density at radius 2 is 1.50 bits per heavy atom. The molecule has 1 rings (SSSR count). The molecular formula is C15H27P. The Labute approximate surface area is 103 Å². The van der Waals surface area contributed by atoms with Crippen molar-refractivity contribution in [3.05, 3.63) is 23.2 Å². The van der Waals surface area contributed by atoms with Crippen molar-refractivity contribution in [2.24, 2.45) is 0 Å². The van der Waals surface area contributed by atoms with E-state index in [1.54, 1.807) is 5.56 Å². The van der Waals surface area contributed by atoms with Crippen LogP contribution in [0.25, 0.3) is 0 Å². The molecule has 92 valence electrons. The Morgan fingerprint density at radius 3 is 2.06 bits per heavy atom. The molecule has 0 N–H and O–H groups in total. The second-order valence-corrected chi connectivity index (χ2v) is 5.75. The fourth-order valence-corrected chi connectivity index (χ4v) is 3.01. The van der Waals surface area contributed by atoms with Gasteiger partial charge < -0.3 is 0 Å². The zero-order valence-electron chi connectivity index (χ0n) is 10.8. The van der Waals surface area contributed by atoms with Crippen molar-refractivity contribution in [3.63, 3.8) is 0 Å². The summed E-state index contributed by atoms with van der Waals surface area (Å²) in [6.07, 6.45) is 14.2. The molecule has 16 heavy (non-hydrogen) atoms. The van der Waals surface area contributed by atoms with Gasteiger partial charge in [-0.25, -0.2) is 0 Å². The number of unbranched alkanes of at least 4 members (excludes halogenated alkanes) is 8. The summed E-state index contributed by atoms with van der Waals surface area (Å²) < 4.78 is 0. The van der Waals surface area contributed by atoms with Gasteiger partial charge in [0.05, 0.1) is 0 Å². The highest BCUT2D eigenvalue weighted by Gasteiger charge is 1.94. The summed E-state index contributed by atoms with van der Waals surface area (Å²) in [6, 6.07) is 2.31. The van der Waals surface area contributed by atoms with Crippen LogP contribution in [0.5, 0.6) is 0 Å². The molecule has 0 aliphatic heterocycles. The first-order valence-electron chi connectivity index (χ1n) is 7.05. The zero-order chi connectivity index (χ0) is 11.5. The first kappa shape index (κ1) is 13.8. The quantitative estimate of drug-likeness (QED) is 0.452. The van der Waals surface area contributed by atoms with Crippen LogP contribution < -0.4 is 0 Å². The van der Waals surface area contributed by atoms with Gasteiger partial charge in [-0.05, 0) is 30.0 Å². The predicted octanol–water partition coefficient (Wildman–Crippen LogP) is 5.79. The third-order valence-electron chi connectivity index (χ3n) is 3.23. The van der Waals surface area contributed by atoms with Crippen molar-refractivity contribution >= 4 is 8.19 Å². The van der Waals surface area contributed by atoms with E-state index >= 15 is 0 Å². The van der Waals surface area contributed by atoms with Crippen molar-refractivity contribution in [2.45, 2.75) is 71.1 Å². The van der Waals surface area contributed by atoms with E-state index in [1.165, 1.54) is 64.2 Å². The fraction of sp³-hybridized carbons (Fsp3) is 0.733. The molecule has 1 aromatic heterocycles. The number of hydrogen-bond acceptors (Lipinski definition) is 0. The number of hydrogen-bond donors (Lipinski definition) is 0. The predicted molar refractivity (Wildman–Crippen MR) is 76.9 cm³/mol. The van der Waals surface area contributed by atoms with Gasteiger partial charge in [-0.3, -0.25) is 0 Å². The standard InChI is InChI=1S/C15H27P/c1-2-3-4-5-6-7-8-9-10-11-15-12-13-16-14-15/h12-14,16H,2-11H2,1H3. The van der Waals surface area contributed by atoms with Crippen LogP contribution in [-0.2, 0) is 6.42 Å². The Morgan fingerprint density at radius 1 is 0.875 bits per heavy atom. The Hall–Kier alpha value is -0.220. The van der Waals surface area contributed by atoms with Gasteiger partial charge in [-0.15, -0.1) is 8.19 Å². The molecule has 0 aliphatic carbocycles. The van der Waals surface area contributed by atoms with E-state index in [9.17, 15) is 0 Å². The molecule has 0 bridgehead atoms. The third-order valence-corrected chi connectivity index (χ3v) is 4.13. The van der Waals surface area contributed by atoms with Gasteiger partial charge >= 0.3 is 0 Å². The highest BCUT2D eigenvalue weighted by Crippen LogP contribution is 2.15. The van der Waals surface area contributed by atoms with Crippen LogP contribution in [-0.4, -0.2) is 0 Å². The van der Waals surface area contributed by atoms with Crippen molar-refractivity contribution in [1.82, 2.24) is 0 Å². The van der Waals surface area contributed by atoms with Crippen molar-refractivity contribution in [3.8, 4) is 0 Å². The van der Waals surface area contributed by atoms with Gasteiger partial charge in [0.25, 0.3) is 0 Å². The molecule has 0 nitrogen and oxygen atoms in total. The Bertz CT molecular complexity index is 226. The largest absolute Gasteiger partial charge is 0.140 e. The minimum atomic E-state index is 0.958. The summed E-state index contributed by atoms with van der Waals surface area (Å²) in [5, 5.41) is 0. The molecule has 1 atom stereocenters. The van der Waals surface area contributed by atoms with Gasteiger partial charge in [0.1, 0.15) is 0 Å². The smallest absolute Gasteiger partial charge is 0.0276 e. The summed E-state index contributed by atoms with van der Waals surface area (Å²) in [7, 11) is 0.958. The van der Waals surface area contributed by atoms with Crippen molar-refractivity contribution < 1.29 is 0 Å². The Balaban J connectivity index is 1.78. The average molecular weight is 238 g/mol. The monoisotopic (exact) mass is 238 g/mol. The van der Waals surface area contributed by atoms with E-state index in [-0.39, 0.29) is 0 Å². The molecule has 0 amide bonds. The molecule has 0 spiro atoms. The van der Waals surface area contributed by atoms with E-state index < -0.39 is 0 Å². The van der Waals surface area contributed by atoms with Crippen LogP contribution in [0.3, 0.4) is 0 Å². The summed E-state index contributed by atoms with van der Waals surface area (Å²) in [5.74, 6) is 4.69. The summed E-state index contributed by atoms with van der Waals surface area (Å²) in [4.78, 5) is 0. The van der Waals surface area contributed by atoms with Gasteiger partial charge in [0.15, 0.2) is 0 Å². The number of aryl methyl sites for hydroxylation is 1. The lowest BCUT2D eigenvalue weighted by atomic mass is 10.1. The molecule has 0 fully saturated rings. The van der Waals surface area contributed by atoms with Gasteiger partial charge in [0.2, 0.25) is 0 Å². The molecule has 1 unspecified atom stereocenters. The topological polar surface area (TPSA) is 0 Å². The summed E-state index contributed by atoms with van der Waals surface area (Å²) in [6.45, 7) is 2.28.